The normalized spacial score (nSPS) is 14.2. The number of fused-ring (bicyclic) bond motifs is 1. The number of imidazole rings is 1. The van der Waals surface area contributed by atoms with Gasteiger partial charge in [0.1, 0.15) is 23.4 Å². The average Bonchev–Trinajstić information content (AvgIpc) is 0.977. The van der Waals surface area contributed by atoms with Crippen LogP contribution in [0.1, 0.15) is 72.5 Å². The molecule has 5 rings (SSSR count). The zero-order valence-corrected chi connectivity index (χ0v) is 59.1. The zero-order chi connectivity index (χ0) is 74.3. The number of hydrogen-bond donors (Lipinski definition) is 12. The summed E-state index contributed by atoms with van der Waals surface area (Å²) in [5.74, 6) is -5.95. The van der Waals surface area contributed by atoms with Crippen molar-refractivity contribution < 1.29 is 95.7 Å². The molecule has 0 saturated carbocycles. The van der Waals surface area contributed by atoms with Gasteiger partial charge in [0.2, 0.25) is 39.1 Å². The maximum atomic E-state index is 13.4. The first kappa shape index (κ1) is 84.7. The number of methoxy groups -OCH3 is 2. The largest absolute Gasteiger partial charge is 0.494 e. The molecule has 0 bridgehead atoms. The molecular weight excluding hydrogens is 1340 g/mol. The van der Waals surface area contributed by atoms with Gasteiger partial charge in [0.25, 0.3) is 5.91 Å². The molecule has 0 aliphatic carbocycles. The number of rotatable bonds is 43. The number of aliphatic carboxylic acids is 4. The molecule has 101 heavy (non-hydrogen) atoms. The minimum atomic E-state index is -4.39. The number of aryl methyl sites for hydroxylation is 3. The highest BCUT2D eigenvalue weighted by Gasteiger charge is 2.30. The van der Waals surface area contributed by atoms with E-state index in [-0.39, 0.29) is 139 Å². The third-order valence-corrected chi connectivity index (χ3v) is 17.3. The number of aromatic nitrogens is 3. The van der Waals surface area contributed by atoms with Gasteiger partial charge in [-0.25, -0.2) is 13.4 Å². The van der Waals surface area contributed by atoms with Crippen molar-refractivity contribution in [2.24, 2.45) is 7.05 Å². The fourth-order valence-corrected chi connectivity index (χ4v) is 12.1. The number of carboxylic acids is 4. The van der Waals surface area contributed by atoms with Crippen LogP contribution in [0.2, 0.25) is 0 Å². The molecule has 0 radical (unpaired) electrons. The topological polar surface area (TPSA) is 463 Å². The molecule has 36 heteroatoms. The predicted molar refractivity (Wildman–Crippen MR) is 369 cm³/mol. The van der Waals surface area contributed by atoms with Gasteiger partial charge in [-0.3, -0.25) is 67.5 Å². The maximum Gasteiger partial charge on any atom is 0.323 e. The Labute approximate surface area is 586 Å². The third-order valence-electron chi connectivity index (χ3n) is 15.5. The van der Waals surface area contributed by atoms with Crippen LogP contribution < -0.4 is 46.8 Å². The van der Waals surface area contributed by atoms with E-state index in [4.69, 9.17) is 23.7 Å². The molecule has 0 spiro atoms. The van der Waals surface area contributed by atoms with Gasteiger partial charge in [-0.1, -0.05) is 6.07 Å². The number of anilines is 1. The van der Waals surface area contributed by atoms with Crippen LogP contribution in [0.25, 0.3) is 10.9 Å². The number of sulfonamides is 1. The van der Waals surface area contributed by atoms with Crippen LogP contribution in [0.15, 0.2) is 58.6 Å². The van der Waals surface area contributed by atoms with Gasteiger partial charge in [-0.05, 0) is 87.4 Å². The summed E-state index contributed by atoms with van der Waals surface area (Å²) in [6.45, 7) is 9.76. The number of nitrogens with zero attached hydrogens (tertiary/aromatic N) is 6. The number of pyridine rings is 1. The predicted octanol–water partition coefficient (Wildman–Crippen LogP) is -0.987. The van der Waals surface area contributed by atoms with E-state index in [1.807, 2.05) is 6.92 Å². The van der Waals surface area contributed by atoms with Gasteiger partial charge in [0.15, 0.2) is 5.95 Å². The van der Waals surface area contributed by atoms with Crippen LogP contribution in [0.5, 0.6) is 5.75 Å². The number of hydrogen-bond acceptors (Lipinski definition) is 23. The molecule has 0 unspecified atom stereocenters. The number of amides is 5. The molecule has 5 amide bonds. The molecule has 562 valence electrons. The van der Waals surface area contributed by atoms with E-state index in [1.165, 1.54) is 25.4 Å². The summed E-state index contributed by atoms with van der Waals surface area (Å²) in [5, 5.41) is 54.9. The molecule has 1 aliphatic rings. The van der Waals surface area contributed by atoms with Crippen molar-refractivity contribution in [1.82, 2.24) is 65.4 Å². The van der Waals surface area contributed by atoms with Crippen LogP contribution in [0.4, 0.5) is 5.95 Å². The second kappa shape index (κ2) is 45.9. The summed E-state index contributed by atoms with van der Waals surface area (Å²) in [6, 6.07) is 5.41. The summed E-state index contributed by atoms with van der Waals surface area (Å²) in [7, 11) is 0.381. The molecule has 35 nitrogen and oxygen atoms in total. The summed E-state index contributed by atoms with van der Waals surface area (Å²) in [5.41, 5.74) is 1.26. The second-order valence-corrected chi connectivity index (χ2v) is 25.3. The number of benzene rings is 2. The number of nitrogens with one attached hydrogen (secondary N) is 8. The van der Waals surface area contributed by atoms with Crippen molar-refractivity contribution >= 4 is 80.3 Å². The molecule has 4 aromatic rings. The molecule has 2 aromatic carbocycles. The smallest absolute Gasteiger partial charge is 0.323 e. The van der Waals surface area contributed by atoms with E-state index in [0.29, 0.717) is 107 Å². The van der Waals surface area contributed by atoms with Gasteiger partial charge in [-0.2, -0.15) is 4.72 Å². The lowest BCUT2D eigenvalue weighted by Gasteiger charge is -2.33. The first-order valence-corrected chi connectivity index (χ1v) is 34.6. The fourth-order valence-electron chi connectivity index (χ4n) is 10.5. The van der Waals surface area contributed by atoms with E-state index in [2.05, 4.69) is 46.6 Å². The molecular formula is C65H100N14O21S. The molecule has 1 aliphatic heterocycles. The molecule has 3 heterocycles. The quantitative estimate of drug-likeness (QED) is 0.0237. The van der Waals surface area contributed by atoms with Crippen LogP contribution >= 0.6 is 0 Å². The standard InChI is InChI=1S/C34H43N7O9S.C31H57N7O12/c1-21-15-24(50-14-5-7-29(42)35-10-6-13-49-4)16-22(2)31(21)51(47,48)40-27(33(45)46)19-38-32(44)26-20-41(3)28-17-23(8-9-25(28)30(26)43)18-39-34-36-11-12-37-34;1-3-49-19-20-50-17-4-7-33-31(47)25(5-6-26(39)32-8-18-48-2)34-27(40)21-35-9-11-36(22-28(41)42)13-15-38(24-30(45)46)16-14-37(12-10-35)23-29(43)44/h8-9,11-12,15-17,20,27,40H,5-7,10,13-14,18-19H2,1-4H3,(H,35,42)(H,38,44)(H,45,46)(H2,36,37,39);25H,3-24H2,1-2H3,(H,32,39)(H,33,47)(H,34,40)(H,41,42)(H,43,44)(H,45,46)/t27-;25-/m01/s1. The fraction of sp³-hybridized carbons (Fsp3) is 0.585. The zero-order valence-electron chi connectivity index (χ0n) is 58.3. The Morgan fingerprint density at radius 1 is 0.644 bits per heavy atom. The summed E-state index contributed by atoms with van der Waals surface area (Å²) in [4.78, 5) is 137. The number of carboxylic acid groups (broad SMARTS) is 4. The highest BCUT2D eigenvalue weighted by Crippen LogP contribution is 2.26. The molecule has 2 atom stereocenters. The number of H-pyrrole nitrogens is 1. The Morgan fingerprint density at radius 3 is 1.77 bits per heavy atom. The van der Waals surface area contributed by atoms with Gasteiger partial charge in [0.05, 0.1) is 63.0 Å². The van der Waals surface area contributed by atoms with Gasteiger partial charge in [0, 0.05) is 163 Å². The number of carbonyl (C=O) groups excluding carboxylic acids is 5. The van der Waals surface area contributed by atoms with Crippen molar-refractivity contribution in [2.45, 2.75) is 82.8 Å². The summed E-state index contributed by atoms with van der Waals surface area (Å²) < 4.78 is 56.9. The average molecular weight is 1450 g/mol. The monoisotopic (exact) mass is 1440 g/mol. The van der Waals surface area contributed by atoms with E-state index in [0.717, 1.165) is 5.56 Å². The van der Waals surface area contributed by atoms with Crippen molar-refractivity contribution in [1.29, 1.82) is 0 Å². The molecule has 12 N–H and O–H groups in total. The van der Waals surface area contributed by atoms with Crippen LogP contribution in [0.3, 0.4) is 0 Å². The van der Waals surface area contributed by atoms with Crippen LogP contribution in [0, 0.1) is 13.8 Å². The Morgan fingerprint density at radius 2 is 1.21 bits per heavy atom. The van der Waals surface area contributed by atoms with Crippen LogP contribution in [-0.2, 0) is 80.9 Å². The first-order chi connectivity index (χ1) is 48.2. The molecule has 1 fully saturated rings. The highest BCUT2D eigenvalue weighted by molar-refractivity contribution is 7.89. The minimum absolute atomic E-state index is 0.0282. The van der Waals surface area contributed by atoms with Crippen molar-refractivity contribution in [3.8, 4) is 5.75 Å². The number of carbonyl (C=O) groups is 9. The van der Waals surface area contributed by atoms with Crippen LogP contribution in [-0.4, -0.2) is 294 Å². The van der Waals surface area contributed by atoms with E-state index < -0.39 is 75.7 Å². The van der Waals surface area contributed by atoms with Gasteiger partial charge in [-0.15, -0.1) is 0 Å². The summed E-state index contributed by atoms with van der Waals surface area (Å²) >= 11 is 0. The lowest BCUT2D eigenvalue weighted by molar-refractivity contribution is -0.140. The Bertz CT molecular complexity index is 3430. The summed E-state index contributed by atoms with van der Waals surface area (Å²) in [6.07, 6.45) is 6.60. The molecule has 2 aromatic heterocycles. The van der Waals surface area contributed by atoms with Crippen molar-refractivity contribution in [3.63, 3.8) is 0 Å². The SMILES string of the molecule is CCOCCOCCCNC(=O)[C@@H](CCC(=O)NCCOC)NC(=O)CN1CCN(CC(=O)O)CCN(CC(=O)O)CCN(CC(=O)O)CC1.COCCCNC(=O)CCCOc1cc(C)c(S(=O)(=O)N[C@@H](CNC(=O)c2cn(C)c3cc(CNc4ncc[nH]4)ccc3c2=O)C(=O)O)c(C)c1. The van der Waals surface area contributed by atoms with E-state index in [9.17, 15) is 76.8 Å². The molecule has 1 saturated heterocycles. The van der Waals surface area contributed by atoms with Gasteiger partial charge < -0.3 is 85.6 Å². The Hall–Kier alpha value is -8.72. The van der Waals surface area contributed by atoms with E-state index >= 15 is 0 Å². The highest BCUT2D eigenvalue weighted by atomic mass is 32.2. The third kappa shape index (κ3) is 32.6. The number of aromatic amines is 1. The van der Waals surface area contributed by atoms with Crippen molar-refractivity contribution in [3.05, 3.63) is 81.4 Å². The van der Waals surface area contributed by atoms with E-state index in [1.54, 1.807) is 82.8 Å². The minimum Gasteiger partial charge on any atom is -0.494 e. The maximum absolute atomic E-state index is 13.4. The first-order valence-electron chi connectivity index (χ1n) is 33.1. The lowest BCUT2D eigenvalue weighted by atomic mass is 10.1. The Balaban J connectivity index is 0.000000429. The van der Waals surface area contributed by atoms with Crippen molar-refractivity contribution in [2.75, 3.05) is 171 Å². The van der Waals surface area contributed by atoms with Gasteiger partial charge >= 0.3 is 23.9 Å². The second-order valence-electron chi connectivity index (χ2n) is 23.6. The number of ether oxygens (including phenoxy) is 5. The lowest BCUT2D eigenvalue weighted by Crippen LogP contribution is -2.52. The Kier molecular flexibility index (Phi) is 38.5.